The molecule has 0 aliphatic heterocycles. The van der Waals surface area contributed by atoms with E-state index < -0.39 is 5.82 Å². The lowest BCUT2D eigenvalue weighted by molar-refractivity contribution is 0.103. The number of allylic oxidation sites excluding steroid dienone is 1. The second kappa shape index (κ2) is 5.60. The van der Waals surface area contributed by atoms with Crippen molar-refractivity contribution in [1.29, 1.82) is 0 Å². The van der Waals surface area contributed by atoms with Crippen molar-refractivity contribution in [2.75, 3.05) is 0 Å². The van der Waals surface area contributed by atoms with Crippen molar-refractivity contribution in [3.8, 4) is 0 Å². The van der Waals surface area contributed by atoms with Gasteiger partial charge in [0.15, 0.2) is 5.78 Å². The van der Waals surface area contributed by atoms with Gasteiger partial charge in [-0.05, 0) is 34.7 Å². The zero-order valence-electron chi connectivity index (χ0n) is 12.2. The Bertz CT molecular complexity index is 895. The lowest BCUT2D eigenvalue weighted by atomic mass is 9.89. The number of fused-ring (bicyclic) bond motifs is 1. The SMILES string of the molecule is O=C1C(=Cc2cccs2)[C@@H](c2ccccc2)c2cccc(F)c21. The molecule has 0 unspecified atom stereocenters. The topological polar surface area (TPSA) is 17.1 Å². The van der Waals surface area contributed by atoms with Crippen LogP contribution in [0, 0.1) is 5.82 Å². The lowest BCUT2D eigenvalue weighted by Gasteiger charge is -2.13. The monoisotopic (exact) mass is 320 g/mol. The highest BCUT2D eigenvalue weighted by Gasteiger charge is 2.37. The zero-order valence-corrected chi connectivity index (χ0v) is 13.0. The summed E-state index contributed by atoms with van der Waals surface area (Å²) in [5, 5.41) is 1.97. The molecule has 0 bridgehead atoms. The summed E-state index contributed by atoms with van der Waals surface area (Å²) in [6.07, 6.45) is 1.89. The number of hydrogen-bond acceptors (Lipinski definition) is 2. The normalized spacial score (nSPS) is 18.4. The molecular weight excluding hydrogens is 307 g/mol. The van der Waals surface area contributed by atoms with Crippen LogP contribution in [-0.4, -0.2) is 5.78 Å². The number of thiophene rings is 1. The third-order valence-electron chi connectivity index (χ3n) is 4.13. The number of Topliss-reactive ketones (excluding diaryl/α,β-unsaturated/α-hetero) is 1. The van der Waals surface area contributed by atoms with Crippen LogP contribution in [0.4, 0.5) is 4.39 Å². The predicted octanol–water partition coefficient (Wildman–Crippen LogP) is 5.30. The average Bonchev–Trinajstić information content (AvgIpc) is 3.17. The second-order valence-corrected chi connectivity index (χ2v) is 6.47. The molecule has 0 saturated carbocycles. The maximum Gasteiger partial charge on any atom is 0.193 e. The number of benzene rings is 2. The fourth-order valence-electron chi connectivity index (χ4n) is 3.14. The molecule has 2 aromatic carbocycles. The Morgan fingerprint density at radius 2 is 1.78 bits per heavy atom. The highest BCUT2D eigenvalue weighted by Crippen LogP contribution is 2.43. The summed E-state index contributed by atoms with van der Waals surface area (Å²) >= 11 is 1.57. The maximum atomic E-state index is 14.2. The first-order valence-electron chi connectivity index (χ1n) is 7.39. The molecule has 0 saturated heterocycles. The van der Waals surface area contributed by atoms with E-state index in [1.54, 1.807) is 17.4 Å². The van der Waals surface area contributed by atoms with E-state index >= 15 is 0 Å². The molecule has 0 amide bonds. The van der Waals surface area contributed by atoms with E-state index in [1.807, 2.05) is 60.0 Å². The highest BCUT2D eigenvalue weighted by molar-refractivity contribution is 7.10. The van der Waals surface area contributed by atoms with Crippen molar-refractivity contribution >= 4 is 23.2 Å². The molecule has 0 spiro atoms. The fraction of sp³-hybridized carbons (Fsp3) is 0.0500. The minimum Gasteiger partial charge on any atom is -0.289 e. The number of halogens is 1. The molecule has 112 valence electrons. The quantitative estimate of drug-likeness (QED) is 0.586. The average molecular weight is 320 g/mol. The summed E-state index contributed by atoms with van der Waals surface area (Å²) in [7, 11) is 0. The van der Waals surface area contributed by atoms with Gasteiger partial charge in [0.05, 0.1) is 5.56 Å². The van der Waals surface area contributed by atoms with Gasteiger partial charge >= 0.3 is 0 Å². The van der Waals surface area contributed by atoms with Crippen LogP contribution in [0.2, 0.25) is 0 Å². The molecule has 23 heavy (non-hydrogen) atoms. The smallest absolute Gasteiger partial charge is 0.193 e. The summed E-state index contributed by atoms with van der Waals surface area (Å²) in [5.41, 5.74) is 2.61. The molecule has 0 N–H and O–H groups in total. The minimum atomic E-state index is -0.442. The Balaban J connectivity index is 1.95. The van der Waals surface area contributed by atoms with Gasteiger partial charge in [0, 0.05) is 16.4 Å². The van der Waals surface area contributed by atoms with Crippen LogP contribution in [0.1, 0.15) is 32.3 Å². The van der Waals surface area contributed by atoms with Crippen molar-refractivity contribution < 1.29 is 9.18 Å². The number of rotatable bonds is 2. The summed E-state index contributed by atoms with van der Waals surface area (Å²) in [6.45, 7) is 0. The predicted molar refractivity (Wildman–Crippen MR) is 91.3 cm³/mol. The van der Waals surface area contributed by atoms with E-state index in [2.05, 4.69) is 0 Å². The first-order chi connectivity index (χ1) is 11.3. The van der Waals surface area contributed by atoms with E-state index in [4.69, 9.17) is 0 Å². The standard InChI is InChI=1S/C20H13FOS/c21-17-10-4-9-15-18(13-6-2-1-3-7-13)16(20(22)19(15)17)12-14-8-5-11-23-14/h1-12,18H/t18-/m0/s1. The lowest BCUT2D eigenvalue weighted by Crippen LogP contribution is -2.02. The van der Waals surface area contributed by atoms with Crippen LogP contribution in [0.15, 0.2) is 71.6 Å². The van der Waals surface area contributed by atoms with Gasteiger partial charge in [-0.2, -0.15) is 0 Å². The summed E-state index contributed by atoms with van der Waals surface area (Å²) in [5.74, 6) is -0.861. The molecule has 3 heteroatoms. The molecule has 1 aliphatic rings. The van der Waals surface area contributed by atoms with Crippen LogP contribution >= 0.6 is 11.3 Å². The van der Waals surface area contributed by atoms with Crippen LogP contribution in [-0.2, 0) is 0 Å². The Morgan fingerprint density at radius 3 is 2.52 bits per heavy atom. The molecule has 3 aromatic rings. The second-order valence-electron chi connectivity index (χ2n) is 5.49. The van der Waals surface area contributed by atoms with Crippen molar-refractivity contribution in [3.05, 3.63) is 99.0 Å². The molecule has 0 fully saturated rings. The highest BCUT2D eigenvalue weighted by atomic mass is 32.1. The van der Waals surface area contributed by atoms with Gasteiger partial charge < -0.3 is 0 Å². The molecule has 1 heterocycles. The molecule has 0 radical (unpaired) electrons. The van der Waals surface area contributed by atoms with E-state index in [-0.39, 0.29) is 17.3 Å². The van der Waals surface area contributed by atoms with Crippen molar-refractivity contribution in [2.24, 2.45) is 0 Å². The molecule has 1 aliphatic carbocycles. The van der Waals surface area contributed by atoms with Gasteiger partial charge in [-0.15, -0.1) is 11.3 Å². The van der Waals surface area contributed by atoms with E-state index in [0.717, 1.165) is 16.0 Å². The van der Waals surface area contributed by atoms with Crippen molar-refractivity contribution in [2.45, 2.75) is 5.92 Å². The molecule has 1 aromatic heterocycles. The molecular formula is C20H13FOS. The van der Waals surface area contributed by atoms with E-state index in [9.17, 15) is 9.18 Å². The first kappa shape index (κ1) is 14.1. The van der Waals surface area contributed by atoms with Gasteiger partial charge in [-0.3, -0.25) is 4.79 Å². The van der Waals surface area contributed by atoms with Gasteiger partial charge in [0.25, 0.3) is 0 Å². The van der Waals surface area contributed by atoms with Gasteiger partial charge in [-0.25, -0.2) is 4.39 Å². The number of carbonyl (C=O) groups is 1. The summed E-state index contributed by atoms with van der Waals surface area (Å²) < 4.78 is 14.2. The summed E-state index contributed by atoms with van der Waals surface area (Å²) in [4.78, 5) is 13.8. The molecule has 1 nitrogen and oxygen atoms in total. The van der Waals surface area contributed by atoms with Crippen LogP contribution in [0.3, 0.4) is 0 Å². The van der Waals surface area contributed by atoms with Gasteiger partial charge in [0.1, 0.15) is 5.82 Å². The van der Waals surface area contributed by atoms with Crippen LogP contribution in [0.25, 0.3) is 6.08 Å². The maximum absolute atomic E-state index is 14.2. The third-order valence-corrected chi connectivity index (χ3v) is 4.95. The zero-order chi connectivity index (χ0) is 15.8. The fourth-order valence-corrected chi connectivity index (χ4v) is 3.81. The Labute approximate surface area is 137 Å². The van der Waals surface area contributed by atoms with Gasteiger partial charge in [-0.1, -0.05) is 48.5 Å². The number of hydrogen-bond donors (Lipinski definition) is 0. The van der Waals surface area contributed by atoms with Crippen molar-refractivity contribution in [3.63, 3.8) is 0 Å². The van der Waals surface area contributed by atoms with Crippen molar-refractivity contribution in [1.82, 2.24) is 0 Å². The van der Waals surface area contributed by atoms with Crippen LogP contribution in [0.5, 0.6) is 0 Å². The number of ketones is 1. The minimum absolute atomic E-state index is 0.208. The first-order valence-corrected chi connectivity index (χ1v) is 8.27. The third kappa shape index (κ3) is 2.34. The molecule has 1 atom stereocenters. The van der Waals surface area contributed by atoms with E-state index in [1.165, 1.54) is 6.07 Å². The largest absolute Gasteiger partial charge is 0.289 e. The Hall–Kier alpha value is -2.52. The van der Waals surface area contributed by atoms with Crippen LogP contribution < -0.4 is 0 Å². The van der Waals surface area contributed by atoms with Gasteiger partial charge in [0.2, 0.25) is 0 Å². The summed E-state index contributed by atoms with van der Waals surface area (Å²) in [6, 6.07) is 18.6. The Morgan fingerprint density at radius 1 is 0.957 bits per heavy atom. The van der Waals surface area contributed by atoms with E-state index in [0.29, 0.717) is 5.57 Å². The Kier molecular flexibility index (Phi) is 3.43. The molecule has 4 rings (SSSR count). The number of carbonyl (C=O) groups excluding carboxylic acids is 1.